The Balaban J connectivity index is 1.73. The van der Waals surface area contributed by atoms with Crippen LogP contribution in [-0.2, 0) is 6.54 Å². The fraction of sp³-hybridized carbons (Fsp3) is 0.150. The molecule has 2 heterocycles. The SMILES string of the molecule is Cc1oc(-c2ccccc2Cl)nc1Cn1ccc2c(C)cccc21. The van der Waals surface area contributed by atoms with E-state index in [4.69, 9.17) is 16.0 Å². The third-order valence-corrected chi connectivity index (χ3v) is 4.68. The predicted octanol–water partition coefficient (Wildman–Crippen LogP) is 5.61. The Labute approximate surface area is 145 Å². The van der Waals surface area contributed by atoms with Gasteiger partial charge in [-0.25, -0.2) is 4.98 Å². The highest BCUT2D eigenvalue weighted by atomic mass is 35.5. The molecule has 0 fully saturated rings. The Morgan fingerprint density at radius 3 is 2.71 bits per heavy atom. The monoisotopic (exact) mass is 336 g/mol. The van der Waals surface area contributed by atoms with E-state index in [1.54, 1.807) is 0 Å². The maximum atomic E-state index is 6.25. The summed E-state index contributed by atoms with van der Waals surface area (Å²) >= 11 is 6.25. The molecule has 0 saturated carbocycles. The molecule has 24 heavy (non-hydrogen) atoms. The molecule has 0 aliphatic carbocycles. The van der Waals surface area contributed by atoms with Crippen molar-refractivity contribution in [3.63, 3.8) is 0 Å². The summed E-state index contributed by atoms with van der Waals surface area (Å²) in [5.41, 5.74) is 4.22. The topological polar surface area (TPSA) is 31.0 Å². The number of nitrogens with zero attached hydrogens (tertiary/aromatic N) is 2. The van der Waals surface area contributed by atoms with Crippen LogP contribution in [-0.4, -0.2) is 9.55 Å². The Kier molecular flexibility index (Phi) is 3.66. The molecule has 0 N–H and O–H groups in total. The minimum Gasteiger partial charge on any atom is -0.441 e. The zero-order valence-electron chi connectivity index (χ0n) is 13.6. The lowest BCUT2D eigenvalue weighted by Crippen LogP contribution is -1.99. The van der Waals surface area contributed by atoms with Gasteiger partial charge in [0.1, 0.15) is 11.5 Å². The zero-order valence-corrected chi connectivity index (χ0v) is 14.3. The van der Waals surface area contributed by atoms with Crippen molar-refractivity contribution in [1.29, 1.82) is 0 Å². The van der Waals surface area contributed by atoms with Crippen molar-refractivity contribution >= 4 is 22.5 Å². The van der Waals surface area contributed by atoms with Gasteiger partial charge in [0.15, 0.2) is 0 Å². The summed E-state index contributed by atoms with van der Waals surface area (Å²) in [6, 6.07) is 16.1. The van der Waals surface area contributed by atoms with Crippen molar-refractivity contribution in [3.8, 4) is 11.5 Å². The van der Waals surface area contributed by atoms with E-state index < -0.39 is 0 Å². The number of aryl methyl sites for hydroxylation is 2. The minimum absolute atomic E-state index is 0.570. The molecular formula is C20H17ClN2O. The first-order valence-electron chi connectivity index (χ1n) is 7.89. The Bertz CT molecular complexity index is 1030. The molecule has 0 unspecified atom stereocenters. The van der Waals surface area contributed by atoms with Crippen LogP contribution in [0.4, 0.5) is 0 Å². The van der Waals surface area contributed by atoms with Gasteiger partial charge < -0.3 is 8.98 Å². The Hall–Kier alpha value is -2.52. The fourth-order valence-corrected chi connectivity index (χ4v) is 3.22. The second-order valence-electron chi connectivity index (χ2n) is 5.95. The predicted molar refractivity (Wildman–Crippen MR) is 97.5 cm³/mol. The highest BCUT2D eigenvalue weighted by Gasteiger charge is 2.15. The van der Waals surface area contributed by atoms with Gasteiger partial charge in [0.05, 0.1) is 17.1 Å². The standard InChI is InChI=1S/C20H17ClN2O/c1-13-6-5-9-19-15(13)10-11-23(19)12-18-14(2)24-20(22-18)16-7-3-4-8-17(16)21/h3-11H,12H2,1-2H3. The smallest absolute Gasteiger partial charge is 0.228 e. The first-order valence-corrected chi connectivity index (χ1v) is 8.27. The number of oxazole rings is 1. The van der Waals surface area contributed by atoms with Crippen LogP contribution in [0.25, 0.3) is 22.4 Å². The Morgan fingerprint density at radius 1 is 1.04 bits per heavy atom. The van der Waals surface area contributed by atoms with Gasteiger partial charge in [-0.05, 0) is 43.7 Å². The highest BCUT2D eigenvalue weighted by Crippen LogP contribution is 2.29. The molecule has 0 aliphatic rings. The third-order valence-electron chi connectivity index (χ3n) is 4.35. The van der Waals surface area contributed by atoms with Crippen molar-refractivity contribution in [3.05, 3.63) is 76.8 Å². The largest absolute Gasteiger partial charge is 0.441 e. The minimum atomic E-state index is 0.570. The van der Waals surface area contributed by atoms with Crippen LogP contribution in [0.1, 0.15) is 17.0 Å². The van der Waals surface area contributed by atoms with Crippen LogP contribution in [0.2, 0.25) is 5.02 Å². The molecule has 2 aromatic carbocycles. The van der Waals surface area contributed by atoms with Crippen LogP contribution >= 0.6 is 11.6 Å². The van der Waals surface area contributed by atoms with Gasteiger partial charge in [0, 0.05) is 17.1 Å². The van der Waals surface area contributed by atoms with E-state index in [0.717, 1.165) is 17.0 Å². The highest BCUT2D eigenvalue weighted by molar-refractivity contribution is 6.33. The summed E-state index contributed by atoms with van der Waals surface area (Å²) in [6.07, 6.45) is 2.10. The van der Waals surface area contributed by atoms with Crippen LogP contribution < -0.4 is 0 Å². The van der Waals surface area contributed by atoms with Crippen LogP contribution in [0.3, 0.4) is 0 Å². The zero-order chi connectivity index (χ0) is 16.7. The molecule has 0 radical (unpaired) electrons. The number of hydrogen-bond acceptors (Lipinski definition) is 2. The van der Waals surface area contributed by atoms with E-state index in [2.05, 4.69) is 46.9 Å². The first kappa shape index (κ1) is 15.0. The lowest BCUT2D eigenvalue weighted by molar-refractivity contribution is 0.538. The van der Waals surface area contributed by atoms with Gasteiger partial charge in [-0.2, -0.15) is 0 Å². The normalized spacial score (nSPS) is 11.3. The van der Waals surface area contributed by atoms with Crippen molar-refractivity contribution in [1.82, 2.24) is 9.55 Å². The summed E-state index contributed by atoms with van der Waals surface area (Å²) in [7, 11) is 0. The summed E-state index contributed by atoms with van der Waals surface area (Å²) < 4.78 is 8.06. The number of rotatable bonds is 3. The van der Waals surface area contributed by atoms with Crippen molar-refractivity contribution in [2.75, 3.05) is 0 Å². The molecule has 0 amide bonds. The number of hydrogen-bond donors (Lipinski definition) is 0. The van der Waals surface area contributed by atoms with Crippen LogP contribution in [0.5, 0.6) is 0 Å². The molecule has 120 valence electrons. The van der Waals surface area contributed by atoms with Gasteiger partial charge in [-0.1, -0.05) is 35.9 Å². The summed E-state index contributed by atoms with van der Waals surface area (Å²) in [4.78, 5) is 4.67. The molecule has 2 aromatic heterocycles. The molecule has 3 nitrogen and oxygen atoms in total. The first-order chi connectivity index (χ1) is 11.6. The maximum Gasteiger partial charge on any atom is 0.228 e. The van der Waals surface area contributed by atoms with E-state index >= 15 is 0 Å². The van der Waals surface area contributed by atoms with E-state index in [9.17, 15) is 0 Å². The fourth-order valence-electron chi connectivity index (χ4n) is 3.00. The molecule has 4 aromatic rings. The Morgan fingerprint density at radius 2 is 1.88 bits per heavy atom. The van der Waals surface area contributed by atoms with Gasteiger partial charge in [0.25, 0.3) is 0 Å². The summed E-state index contributed by atoms with van der Waals surface area (Å²) in [5, 5.41) is 1.91. The van der Waals surface area contributed by atoms with Crippen molar-refractivity contribution in [2.45, 2.75) is 20.4 Å². The number of halogens is 1. The number of aromatic nitrogens is 2. The summed E-state index contributed by atoms with van der Waals surface area (Å²) in [5.74, 6) is 1.39. The van der Waals surface area contributed by atoms with Crippen LogP contribution in [0, 0.1) is 13.8 Å². The van der Waals surface area contributed by atoms with Crippen molar-refractivity contribution < 1.29 is 4.42 Å². The van der Waals surface area contributed by atoms with Gasteiger partial charge in [-0.3, -0.25) is 0 Å². The second kappa shape index (κ2) is 5.84. The molecule has 0 aliphatic heterocycles. The molecule has 4 rings (SSSR count). The van der Waals surface area contributed by atoms with Gasteiger partial charge >= 0.3 is 0 Å². The lowest BCUT2D eigenvalue weighted by atomic mass is 10.1. The van der Waals surface area contributed by atoms with E-state index in [0.29, 0.717) is 17.5 Å². The molecule has 0 spiro atoms. The molecular weight excluding hydrogens is 320 g/mol. The van der Waals surface area contributed by atoms with E-state index in [1.165, 1.54) is 16.5 Å². The average molecular weight is 337 g/mol. The third kappa shape index (κ3) is 2.51. The summed E-state index contributed by atoms with van der Waals surface area (Å²) in [6.45, 7) is 4.75. The van der Waals surface area contributed by atoms with E-state index in [1.807, 2.05) is 31.2 Å². The van der Waals surface area contributed by atoms with E-state index in [-0.39, 0.29) is 0 Å². The molecule has 0 atom stereocenters. The number of benzene rings is 2. The molecule has 0 bridgehead atoms. The second-order valence-corrected chi connectivity index (χ2v) is 6.36. The molecule has 4 heteroatoms. The molecule has 0 saturated heterocycles. The maximum absolute atomic E-state index is 6.25. The van der Waals surface area contributed by atoms with Gasteiger partial charge in [0.2, 0.25) is 5.89 Å². The number of fused-ring (bicyclic) bond motifs is 1. The van der Waals surface area contributed by atoms with Crippen LogP contribution in [0.15, 0.2) is 59.1 Å². The van der Waals surface area contributed by atoms with Gasteiger partial charge in [-0.15, -0.1) is 0 Å². The van der Waals surface area contributed by atoms with Crippen molar-refractivity contribution in [2.24, 2.45) is 0 Å². The lowest BCUT2D eigenvalue weighted by Gasteiger charge is -2.04. The average Bonchev–Trinajstić information content (AvgIpc) is 3.14. The quantitative estimate of drug-likeness (QED) is 0.486.